The maximum atomic E-state index is 10.8. The van der Waals surface area contributed by atoms with E-state index in [0.29, 0.717) is 12.0 Å². The Morgan fingerprint density at radius 2 is 2.42 bits per heavy atom. The Bertz CT molecular complexity index is 286. The van der Waals surface area contributed by atoms with E-state index in [0.717, 1.165) is 0 Å². The van der Waals surface area contributed by atoms with Crippen LogP contribution in [0.3, 0.4) is 0 Å². The molecular formula is C8H10N2O2. The van der Waals surface area contributed by atoms with Gasteiger partial charge in [0.05, 0.1) is 0 Å². The number of aliphatic hydroxyl groups excluding tert-OH is 1. The van der Waals surface area contributed by atoms with Crippen molar-refractivity contribution >= 4 is 5.91 Å². The van der Waals surface area contributed by atoms with Crippen LogP contribution in [-0.2, 0) is 6.42 Å². The molecule has 1 aromatic heterocycles. The molecule has 0 unspecified atom stereocenters. The summed E-state index contributed by atoms with van der Waals surface area (Å²) < 4.78 is 0. The van der Waals surface area contributed by atoms with Gasteiger partial charge in [0.25, 0.3) is 5.91 Å². The number of amides is 1. The van der Waals surface area contributed by atoms with E-state index in [1.165, 1.54) is 6.20 Å². The molecule has 0 saturated heterocycles. The van der Waals surface area contributed by atoms with Crippen molar-refractivity contribution in [1.82, 2.24) is 4.98 Å². The summed E-state index contributed by atoms with van der Waals surface area (Å²) in [4.78, 5) is 14.6. The number of nitrogens with zero attached hydrogens (tertiary/aromatic N) is 1. The monoisotopic (exact) mass is 166 g/mol. The first-order valence-electron chi connectivity index (χ1n) is 3.60. The second-order valence-electron chi connectivity index (χ2n) is 2.35. The third-order valence-electron chi connectivity index (χ3n) is 1.51. The zero-order valence-electron chi connectivity index (χ0n) is 6.53. The molecule has 1 heterocycles. The summed E-state index contributed by atoms with van der Waals surface area (Å²) in [7, 11) is 0. The lowest BCUT2D eigenvalue weighted by Gasteiger charge is -2.01. The lowest BCUT2D eigenvalue weighted by molar-refractivity contribution is 0.0994. The highest BCUT2D eigenvalue weighted by Crippen LogP contribution is 2.04. The van der Waals surface area contributed by atoms with Crippen molar-refractivity contribution in [2.45, 2.75) is 6.42 Å². The van der Waals surface area contributed by atoms with Gasteiger partial charge >= 0.3 is 0 Å². The van der Waals surface area contributed by atoms with Crippen LogP contribution < -0.4 is 5.73 Å². The van der Waals surface area contributed by atoms with Crippen LogP contribution in [0.25, 0.3) is 0 Å². The molecule has 0 aliphatic carbocycles. The van der Waals surface area contributed by atoms with Crippen molar-refractivity contribution in [1.29, 1.82) is 0 Å². The van der Waals surface area contributed by atoms with Crippen molar-refractivity contribution in [3.8, 4) is 0 Å². The van der Waals surface area contributed by atoms with Gasteiger partial charge in [0, 0.05) is 12.8 Å². The van der Waals surface area contributed by atoms with E-state index < -0.39 is 5.91 Å². The Morgan fingerprint density at radius 1 is 1.67 bits per heavy atom. The number of aliphatic hydroxyl groups is 1. The second kappa shape index (κ2) is 3.82. The molecule has 0 aliphatic rings. The molecule has 1 aromatic rings. The van der Waals surface area contributed by atoms with Gasteiger partial charge in [0.2, 0.25) is 0 Å². The zero-order valence-corrected chi connectivity index (χ0v) is 6.53. The first-order valence-corrected chi connectivity index (χ1v) is 3.60. The summed E-state index contributed by atoms with van der Waals surface area (Å²) in [5.41, 5.74) is 5.99. The van der Waals surface area contributed by atoms with Crippen molar-refractivity contribution in [2.75, 3.05) is 6.61 Å². The van der Waals surface area contributed by atoms with E-state index in [2.05, 4.69) is 4.98 Å². The highest BCUT2D eigenvalue weighted by molar-refractivity contribution is 5.92. The molecule has 12 heavy (non-hydrogen) atoms. The van der Waals surface area contributed by atoms with Crippen LogP contribution in [0.1, 0.15) is 16.1 Å². The topological polar surface area (TPSA) is 76.2 Å². The average Bonchev–Trinajstić information content (AvgIpc) is 2.05. The van der Waals surface area contributed by atoms with Crippen molar-refractivity contribution in [2.24, 2.45) is 5.73 Å². The minimum atomic E-state index is -0.556. The highest BCUT2D eigenvalue weighted by atomic mass is 16.3. The van der Waals surface area contributed by atoms with Gasteiger partial charge in [0.1, 0.15) is 5.69 Å². The number of hydrogen-bond acceptors (Lipinski definition) is 3. The van der Waals surface area contributed by atoms with Crippen LogP contribution >= 0.6 is 0 Å². The molecule has 1 rings (SSSR count). The largest absolute Gasteiger partial charge is 0.396 e. The van der Waals surface area contributed by atoms with Gasteiger partial charge in [-0.2, -0.15) is 0 Å². The van der Waals surface area contributed by atoms with Gasteiger partial charge in [-0.05, 0) is 18.1 Å². The average molecular weight is 166 g/mol. The van der Waals surface area contributed by atoms with E-state index in [-0.39, 0.29) is 12.3 Å². The predicted molar refractivity (Wildman–Crippen MR) is 43.5 cm³/mol. The van der Waals surface area contributed by atoms with Crippen LogP contribution in [0.15, 0.2) is 18.3 Å². The fraction of sp³-hybridized carbons (Fsp3) is 0.250. The summed E-state index contributed by atoms with van der Waals surface area (Å²) in [6.45, 7) is -0.00796. The molecule has 0 aromatic carbocycles. The summed E-state index contributed by atoms with van der Waals surface area (Å²) in [5, 5.41) is 8.65. The Kier molecular flexibility index (Phi) is 2.76. The summed E-state index contributed by atoms with van der Waals surface area (Å²) in [6, 6.07) is 3.43. The molecule has 0 bridgehead atoms. The molecule has 1 amide bonds. The van der Waals surface area contributed by atoms with Crippen LogP contribution in [0.2, 0.25) is 0 Å². The summed E-state index contributed by atoms with van der Waals surface area (Å²) in [6.07, 6.45) is 1.91. The normalized spacial score (nSPS) is 9.75. The van der Waals surface area contributed by atoms with E-state index in [9.17, 15) is 4.79 Å². The molecule has 0 saturated carbocycles. The Balaban J connectivity index is 3.00. The maximum absolute atomic E-state index is 10.8. The molecule has 64 valence electrons. The van der Waals surface area contributed by atoms with Crippen molar-refractivity contribution in [3.05, 3.63) is 29.6 Å². The molecule has 0 aliphatic heterocycles. The van der Waals surface area contributed by atoms with E-state index in [1.54, 1.807) is 12.1 Å². The third-order valence-corrected chi connectivity index (χ3v) is 1.51. The van der Waals surface area contributed by atoms with Crippen LogP contribution in [0.4, 0.5) is 0 Å². The molecule has 4 nitrogen and oxygen atoms in total. The number of carbonyl (C=O) groups excluding carboxylic acids is 1. The lowest BCUT2D eigenvalue weighted by Crippen LogP contribution is -2.16. The van der Waals surface area contributed by atoms with Gasteiger partial charge in [-0.25, -0.2) is 0 Å². The van der Waals surface area contributed by atoms with Crippen LogP contribution in [-0.4, -0.2) is 22.6 Å². The molecule has 4 heteroatoms. The van der Waals surface area contributed by atoms with Gasteiger partial charge in [-0.3, -0.25) is 9.78 Å². The summed E-state index contributed by atoms with van der Waals surface area (Å²) in [5.74, 6) is -0.556. The first-order chi connectivity index (χ1) is 5.75. The Hall–Kier alpha value is -1.42. The molecule has 0 fully saturated rings. The van der Waals surface area contributed by atoms with Gasteiger partial charge < -0.3 is 10.8 Å². The Morgan fingerprint density at radius 3 is 3.00 bits per heavy atom. The smallest absolute Gasteiger partial charge is 0.267 e. The Labute approximate surface area is 70.0 Å². The quantitative estimate of drug-likeness (QED) is 0.648. The number of nitrogens with two attached hydrogens (primary N) is 1. The van der Waals surface area contributed by atoms with Crippen molar-refractivity contribution in [3.63, 3.8) is 0 Å². The standard InChI is InChI=1S/C8H10N2O2/c9-8(12)7-6(3-5-11)2-1-4-10-7/h1-2,4,11H,3,5H2,(H2,9,12). The number of pyridine rings is 1. The number of rotatable bonds is 3. The zero-order chi connectivity index (χ0) is 8.97. The molecular weight excluding hydrogens is 156 g/mol. The van der Waals surface area contributed by atoms with Gasteiger partial charge in [-0.1, -0.05) is 6.07 Å². The SMILES string of the molecule is NC(=O)c1ncccc1CCO. The minimum absolute atomic E-state index is 0.00796. The lowest BCUT2D eigenvalue weighted by atomic mass is 10.1. The van der Waals surface area contributed by atoms with Gasteiger partial charge in [0.15, 0.2) is 0 Å². The third kappa shape index (κ3) is 1.79. The fourth-order valence-electron chi connectivity index (χ4n) is 0.983. The molecule has 0 spiro atoms. The number of primary amides is 1. The van der Waals surface area contributed by atoms with Crippen LogP contribution in [0, 0.1) is 0 Å². The first kappa shape index (κ1) is 8.67. The summed E-state index contributed by atoms with van der Waals surface area (Å²) >= 11 is 0. The number of hydrogen-bond donors (Lipinski definition) is 2. The highest BCUT2D eigenvalue weighted by Gasteiger charge is 2.07. The maximum Gasteiger partial charge on any atom is 0.267 e. The van der Waals surface area contributed by atoms with Gasteiger partial charge in [-0.15, -0.1) is 0 Å². The van der Waals surface area contributed by atoms with E-state index in [4.69, 9.17) is 10.8 Å². The van der Waals surface area contributed by atoms with Crippen LogP contribution in [0.5, 0.6) is 0 Å². The second-order valence-corrected chi connectivity index (χ2v) is 2.35. The van der Waals surface area contributed by atoms with E-state index >= 15 is 0 Å². The molecule has 3 N–H and O–H groups in total. The fourth-order valence-corrected chi connectivity index (χ4v) is 0.983. The molecule has 0 radical (unpaired) electrons. The number of aromatic nitrogens is 1. The minimum Gasteiger partial charge on any atom is -0.396 e. The van der Waals surface area contributed by atoms with E-state index in [1.807, 2.05) is 0 Å². The van der Waals surface area contributed by atoms with Crippen molar-refractivity contribution < 1.29 is 9.90 Å². The molecule has 0 atom stereocenters. The predicted octanol–water partition coefficient (Wildman–Crippen LogP) is -0.285. The number of carbonyl (C=O) groups is 1.